The number of hydrogen-bond acceptors (Lipinski definition) is 3. The summed E-state index contributed by atoms with van der Waals surface area (Å²) < 4.78 is 5.73. The Morgan fingerprint density at radius 2 is 2.14 bits per heavy atom. The van der Waals surface area contributed by atoms with Crippen LogP contribution in [-0.4, -0.2) is 24.6 Å². The van der Waals surface area contributed by atoms with Gasteiger partial charge in [0.15, 0.2) is 6.10 Å². The molecule has 3 atom stereocenters. The topological polar surface area (TPSA) is 64.3 Å². The van der Waals surface area contributed by atoms with E-state index < -0.39 is 6.10 Å². The Bertz CT molecular complexity index is 539. The smallest absolute Gasteiger partial charge is 0.261 e. The number of amides is 1. The molecule has 4 nitrogen and oxygen atoms in total. The fourth-order valence-electron chi connectivity index (χ4n) is 3.32. The summed E-state index contributed by atoms with van der Waals surface area (Å²) in [5.74, 6) is 1.12. The zero-order valence-corrected chi connectivity index (χ0v) is 14.0. The van der Waals surface area contributed by atoms with Crippen molar-refractivity contribution in [2.75, 3.05) is 6.54 Å². The first-order chi connectivity index (χ1) is 10.2. The number of fused-ring (bicyclic) bond motifs is 1. The van der Waals surface area contributed by atoms with Gasteiger partial charge in [0.05, 0.1) is 0 Å². The SMILES string of the molecule is Cl.NCC1CCCCC1NC(=O)C1Cc2cc(Cl)ccc2O1. The molecular weight excluding hydrogens is 323 g/mol. The molecular formula is C16H22Cl2N2O2. The molecule has 0 radical (unpaired) electrons. The van der Waals surface area contributed by atoms with Crippen molar-refractivity contribution in [3.05, 3.63) is 28.8 Å². The molecule has 3 N–H and O–H groups in total. The van der Waals surface area contributed by atoms with Crippen LogP contribution in [0.25, 0.3) is 0 Å². The van der Waals surface area contributed by atoms with E-state index in [0.717, 1.165) is 30.6 Å². The van der Waals surface area contributed by atoms with Gasteiger partial charge < -0.3 is 15.8 Å². The highest BCUT2D eigenvalue weighted by atomic mass is 35.5. The summed E-state index contributed by atoms with van der Waals surface area (Å²) in [7, 11) is 0. The van der Waals surface area contributed by atoms with Gasteiger partial charge in [0.1, 0.15) is 5.75 Å². The molecule has 1 aromatic rings. The Labute approximate surface area is 142 Å². The lowest BCUT2D eigenvalue weighted by molar-refractivity contribution is -0.128. The molecule has 0 saturated heterocycles. The van der Waals surface area contributed by atoms with Crippen LogP contribution in [0.15, 0.2) is 18.2 Å². The quantitative estimate of drug-likeness (QED) is 0.885. The Morgan fingerprint density at radius 1 is 1.36 bits per heavy atom. The molecule has 1 heterocycles. The van der Waals surface area contributed by atoms with Gasteiger partial charge in [-0.1, -0.05) is 24.4 Å². The number of carbonyl (C=O) groups is 1. The van der Waals surface area contributed by atoms with E-state index in [2.05, 4.69) is 5.32 Å². The normalized spacial score (nSPS) is 26.5. The van der Waals surface area contributed by atoms with Crippen LogP contribution in [0, 0.1) is 5.92 Å². The second-order valence-electron chi connectivity index (χ2n) is 5.96. The molecule has 22 heavy (non-hydrogen) atoms. The van der Waals surface area contributed by atoms with Gasteiger partial charge in [0.25, 0.3) is 5.91 Å². The third-order valence-corrected chi connectivity index (χ3v) is 4.76. The van der Waals surface area contributed by atoms with Crippen molar-refractivity contribution in [3.8, 4) is 5.75 Å². The lowest BCUT2D eigenvalue weighted by atomic mass is 9.84. The fraction of sp³-hybridized carbons (Fsp3) is 0.562. The largest absolute Gasteiger partial charge is 0.480 e. The first-order valence-corrected chi connectivity index (χ1v) is 8.00. The van der Waals surface area contributed by atoms with Crippen molar-refractivity contribution in [1.29, 1.82) is 0 Å². The van der Waals surface area contributed by atoms with E-state index in [4.69, 9.17) is 22.1 Å². The van der Waals surface area contributed by atoms with Crippen LogP contribution >= 0.6 is 24.0 Å². The minimum Gasteiger partial charge on any atom is -0.480 e. The number of halogens is 2. The van der Waals surface area contributed by atoms with Crippen LogP contribution in [-0.2, 0) is 11.2 Å². The average Bonchev–Trinajstić information content (AvgIpc) is 2.91. The molecule has 122 valence electrons. The van der Waals surface area contributed by atoms with Gasteiger partial charge in [0.2, 0.25) is 0 Å². The summed E-state index contributed by atoms with van der Waals surface area (Å²) in [5.41, 5.74) is 6.81. The van der Waals surface area contributed by atoms with Gasteiger partial charge in [-0.2, -0.15) is 0 Å². The van der Waals surface area contributed by atoms with Crippen molar-refractivity contribution < 1.29 is 9.53 Å². The van der Waals surface area contributed by atoms with Crippen molar-refractivity contribution in [3.63, 3.8) is 0 Å². The number of benzene rings is 1. The Hall–Kier alpha value is -0.970. The third-order valence-electron chi connectivity index (χ3n) is 4.53. The zero-order chi connectivity index (χ0) is 14.8. The van der Waals surface area contributed by atoms with Gasteiger partial charge in [-0.25, -0.2) is 0 Å². The lowest BCUT2D eigenvalue weighted by Gasteiger charge is -2.31. The molecule has 0 spiro atoms. The number of carbonyl (C=O) groups excluding carboxylic acids is 1. The Kier molecular flexibility index (Phi) is 5.95. The van der Waals surface area contributed by atoms with E-state index in [1.807, 2.05) is 12.1 Å². The van der Waals surface area contributed by atoms with Gasteiger partial charge in [-0.15, -0.1) is 12.4 Å². The van der Waals surface area contributed by atoms with Crippen LogP contribution in [0.4, 0.5) is 0 Å². The van der Waals surface area contributed by atoms with Crippen molar-refractivity contribution in [2.45, 2.75) is 44.2 Å². The van der Waals surface area contributed by atoms with Crippen LogP contribution in [0.1, 0.15) is 31.2 Å². The van der Waals surface area contributed by atoms with E-state index in [-0.39, 0.29) is 24.4 Å². The zero-order valence-electron chi connectivity index (χ0n) is 12.4. The highest BCUT2D eigenvalue weighted by molar-refractivity contribution is 6.30. The molecule has 6 heteroatoms. The minimum absolute atomic E-state index is 0. The first kappa shape index (κ1) is 17.4. The molecule has 3 unspecified atom stereocenters. The van der Waals surface area contributed by atoms with Crippen LogP contribution in [0.2, 0.25) is 5.02 Å². The fourth-order valence-corrected chi connectivity index (χ4v) is 3.51. The molecule has 1 aliphatic carbocycles. The lowest BCUT2D eigenvalue weighted by Crippen LogP contribution is -2.49. The summed E-state index contributed by atoms with van der Waals surface area (Å²) >= 11 is 5.97. The predicted octanol–water partition coefficient (Wildman–Crippen LogP) is 2.70. The van der Waals surface area contributed by atoms with Crippen LogP contribution < -0.4 is 15.8 Å². The second-order valence-corrected chi connectivity index (χ2v) is 6.39. The molecule has 1 fully saturated rings. The molecule has 1 aliphatic heterocycles. The molecule has 3 rings (SSSR count). The maximum atomic E-state index is 12.4. The summed E-state index contributed by atoms with van der Waals surface area (Å²) in [6.45, 7) is 0.631. The summed E-state index contributed by atoms with van der Waals surface area (Å²) in [5, 5.41) is 3.81. The van der Waals surface area contributed by atoms with E-state index in [1.165, 1.54) is 6.42 Å². The van der Waals surface area contributed by atoms with E-state index >= 15 is 0 Å². The highest BCUT2D eigenvalue weighted by Crippen LogP contribution is 2.31. The Balaban J connectivity index is 0.00000176. The van der Waals surface area contributed by atoms with Crippen LogP contribution in [0.3, 0.4) is 0 Å². The number of ether oxygens (including phenoxy) is 1. The summed E-state index contributed by atoms with van der Waals surface area (Å²) in [6, 6.07) is 5.67. The van der Waals surface area contributed by atoms with Crippen molar-refractivity contribution in [2.24, 2.45) is 11.7 Å². The molecule has 0 aromatic heterocycles. The average molecular weight is 345 g/mol. The molecule has 1 saturated carbocycles. The van der Waals surface area contributed by atoms with Crippen molar-refractivity contribution in [1.82, 2.24) is 5.32 Å². The van der Waals surface area contributed by atoms with Crippen molar-refractivity contribution >= 4 is 29.9 Å². The number of hydrogen-bond donors (Lipinski definition) is 2. The van der Waals surface area contributed by atoms with Crippen LogP contribution in [0.5, 0.6) is 5.75 Å². The third kappa shape index (κ3) is 3.67. The monoisotopic (exact) mass is 344 g/mol. The Morgan fingerprint density at radius 3 is 2.91 bits per heavy atom. The standard InChI is InChI=1S/C16H21ClN2O2.ClH/c17-12-5-6-14-11(7-12)8-15(21-14)16(20)19-13-4-2-1-3-10(13)9-18;/h5-7,10,13,15H,1-4,8-9,18H2,(H,19,20);1H. The number of rotatable bonds is 3. The number of nitrogens with two attached hydrogens (primary N) is 1. The van der Waals surface area contributed by atoms with E-state index in [0.29, 0.717) is 23.9 Å². The first-order valence-electron chi connectivity index (χ1n) is 7.63. The summed E-state index contributed by atoms with van der Waals surface area (Å²) in [6.07, 6.45) is 4.61. The maximum Gasteiger partial charge on any atom is 0.261 e. The molecule has 1 amide bonds. The summed E-state index contributed by atoms with van der Waals surface area (Å²) in [4.78, 5) is 12.4. The van der Waals surface area contributed by atoms with E-state index in [9.17, 15) is 4.79 Å². The molecule has 2 aliphatic rings. The number of nitrogens with one attached hydrogen (secondary N) is 1. The van der Waals surface area contributed by atoms with Gasteiger partial charge in [-0.3, -0.25) is 4.79 Å². The van der Waals surface area contributed by atoms with E-state index in [1.54, 1.807) is 6.07 Å². The predicted molar refractivity (Wildman–Crippen MR) is 89.8 cm³/mol. The van der Waals surface area contributed by atoms with Gasteiger partial charge >= 0.3 is 0 Å². The van der Waals surface area contributed by atoms with Gasteiger partial charge in [-0.05, 0) is 49.1 Å². The minimum atomic E-state index is -0.446. The highest BCUT2D eigenvalue weighted by Gasteiger charge is 2.32. The molecule has 0 bridgehead atoms. The molecule has 1 aromatic carbocycles. The second kappa shape index (κ2) is 7.53. The maximum absolute atomic E-state index is 12.4. The van der Waals surface area contributed by atoms with Gasteiger partial charge in [0, 0.05) is 17.5 Å².